The predicted octanol–water partition coefficient (Wildman–Crippen LogP) is 3.52. The fourth-order valence-corrected chi connectivity index (χ4v) is 3.24. The zero-order chi connectivity index (χ0) is 10.1. The van der Waals surface area contributed by atoms with Gasteiger partial charge in [0.1, 0.15) is 0 Å². The van der Waals surface area contributed by atoms with E-state index in [9.17, 15) is 0 Å². The van der Waals surface area contributed by atoms with Crippen molar-refractivity contribution in [1.82, 2.24) is 0 Å². The van der Waals surface area contributed by atoms with Crippen molar-refractivity contribution in [2.24, 2.45) is 0 Å². The molecule has 0 saturated carbocycles. The Bertz CT molecular complexity index is 464. The number of fused-ring (bicyclic) bond motifs is 1. The summed E-state index contributed by atoms with van der Waals surface area (Å²) >= 11 is 3.98. The van der Waals surface area contributed by atoms with E-state index in [0.29, 0.717) is 0 Å². The molecule has 0 unspecified atom stereocenters. The maximum Gasteiger partial charge on any atom is 0.178 e. The molecular weight excluding hydrogens is 311 g/mol. The van der Waals surface area contributed by atoms with E-state index >= 15 is 0 Å². The van der Waals surface area contributed by atoms with Crippen molar-refractivity contribution >= 4 is 44.0 Å². The molecule has 0 bridgehead atoms. The number of rotatable bonds is 2. The summed E-state index contributed by atoms with van der Waals surface area (Å²) in [6.07, 6.45) is 0. The van der Waals surface area contributed by atoms with E-state index in [1.54, 1.807) is 25.6 Å². The monoisotopic (exact) mass is 320 g/mol. The van der Waals surface area contributed by atoms with Crippen LogP contribution in [0.1, 0.15) is 0 Å². The lowest BCUT2D eigenvalue weighted by atomic mass is 10.2. The van der Waals surface area contributed by atoms with Gasteiger partial charge in [-0.15, -0.1) is 11.3 Å². The topological polar surface area (TPSA) is 18.5 Å². The van der Waals surface area contributed by atoms with Gasteiger partial charge in [-0.3, -0.25) is 0 Å². The van der Waals surface area contributed by atoms with Crippen molar-refractivity contribution in [3.8, 4) is 11.5 Å². The molecule has 1 aromatic carbocycles. The van der Waals surface area contributed by atoms with Crippen LogP contribution in [0, 0.1) is 3.57 Å². The van der Waals surface area contributed by atoms with Gasteiger partial charge in [0.05, 0.1) is 18.9 Å². The zero-order valence-corrected chi connectivity index (χ0v) is 10.8. The molecule has 0 aliphatic carbocycles. The van der Waals surface area contributed by atoms with Crippen LogP contribution in [0.4, 0.5) is 0 Å². The normalized spacial score (nSPS) is 10.5. The third-order valence-corrected chi connectivity index (χ3v) is 3.84. The summed E-state index contributed by atoms with van der Waals surface area (Å²) in [5.41, 5.74) is 0. The van der Waals surface area contributed by atoms with E-state index in [-0.39, 0.29) is 0 Å². The predicted molar refractivity (Wildman–Crippen MR) is 67.6 cm³/mol. The first-order chi connectivity index (χ1) is 6.77. The minimum atomic E-state index is 0.798. The zero-order valence-electron chi connectivity index (χ0n) is 7.83. The second kappa shape index (κ2) is 3.94. The Kier molecular flexibility index (Phi) is 2.83. The van der Waals surface area contributed by atoms with Crippen molar-refractivity contribution < 1.29 is 9.47 Å². The van der Waals surface area contributed by atoms with E-state index in [1.807, 2.05) is 6.07 Å². The van der Waals surface area contributed by atoms with Crippen LogP contribution in [-0.4, -0.2) is 14.2 Å². The molecule has 2 aromatic rings. The Morgan fingerprint density at radius 2 is 2.07 bits per heavy atom. The molecule has 0 spiro atoms. The molecule has 0 atom stereocenters. The highest BCUT2D eigenvalue weighted by Crippen LogP contribution is 2.41. The summed E-state index contributed by atoms with van der Waals surface area (Å²) in [7, 11) is 3.33. The van der Waals surface area contributed by atoms with E-state index in [2.05, 4.69) is 34.0 Å². The number of ether oxygens (including phenoxy) is 2. The van der Waals surface area contributed by atoms with Gasteiger partial charge in [0.25, 0.3) is 0 Å². The van der Waals surface area contributed by atoms with Crippen LogP contribution in [0.2, 0.25) is 0 Å². The van der Waals surface area contributed by atoms with Crippen LogP contribution in [0.15, 0.2) is 17.5 Å². The Morgan fingerprint density at radius 1 is 1.29 bits per heavy atom. The summed E-state index contributed by atoms with van der Waals surface area (Å²) in [6.45, 7) is 0. The summed E-state index contributed by atoms with van der Waals surface area (Å²) in [6, 6.07) is 4.10. The molecule has 0 fully saturated rings. The van der Waals surface area contributed by atoms with Gasteiger partial charge in [0, 0.05) is 8.96 Å². The maximum atomic E-state index is 5.34. The fourth-order valence-electron chi connectivity index (χ4n) is 1.39. The summed E-state index contributed by atoms with van der Waals surface area (Å²) in [4.78, 5) is 0. The van der Waals surface area contributed by atoms with Crippen LogP contribution in [0.3, 0.4) is 0 Å². The molecule has 1 heterocycles. The largest absolute Gasteiger partial charge is 0.493 e. The first-order valence-corrected chi connectivity index (χ1v) is 6.01. The molecule has 0 aliphatic heterocycles. The molecule has 14 heavy (non-hydrogen) atoms. The second-order valence-corrected chi connectivity index (χ2v) is 4.84. The molecule has 0 saturated heterocycles. The first kappa shape index (κ1) is 10.0. The highest BCUT2D eigenvalue weighted by atomic mass is 127. The lowest BCUT2D eigenvalue weighted by Gasteiger charge is -2.09. The molecule has 0 N–H and O–H groups in total. The van der Waals surface area contributed by atoms with Gasteiger partial charge < -0.3 is 9.47 Å². The Hall–Kier alpha value is -0.490. The summed E-state index contributed by atoms with van der Waals surface area (Å²) in [5, 5.41) is 3.29. The van der Waals surface area contributed by atoms with Gasteiger partial charge >= 0.3 is 0 Å². The van der Waals surface area contributed by atoms with Crippen LogP contribution < -0.4 is 9.47 Å². The average molecular weight is 320 g/mol. The lowest BCUT2D eigenvalue weighted by molar-refractivity contribution is 0.359. The van der Waals surface area contributed by atoms with Gasteiger partial charge in [-0.25, -0.2) is 0 Å². The first-order valence-electron chi connectivity index (χ1n) is 4.05. The van der Waals surface area contributed by atoms with Gasteiger partial charge in [0.15, 0.2) is 11.5 Å². The summed E-state index contributed by atoms with van der Waals surface area (Å²) in [5.74, 6) is 1.63. The summed E-state index contributed by atoms with van der Waals surface area (Å²) < 4.78 is 13.0. The fraction of sp³-hybridized carbons (Fsp3) is 0.200. The Balaban J connectivity index is 2.82. The highest BCUT2D eigenvalue weighted by molar-refractivity contribution is 14.1. The van der Waals surface area contributed by atoms with Gasteiger partial charge in [-0.1, -0.05) is 0 Å². The van der Waals surface area contributed by atoms with Gasteiger partial charge in [0.2, 0.25) is 0 Å². The van der Waals surface area contributed by atoms with Crippen molar-refractivity contribution in [1.29, 1.82) is 0 Å². The Labute approximate surface area is 100.0 Å². The number of thiophene rings is 1. The molecule has 1 aromatic heterocycles. The van der Waals surface area contributed by atoms with Gasteiger partial charge in [-0.2, -0.15) is 0 Å². The number of hydrogen-bond donors (Lipinski definition) is 0. The van der Waals surface area contributed by atoms with Crippen LogP contribution in [-0.2, 0) is 0 Å². The molecule has 0 radical (unpaired) electrons. The third kappa shape index (κ3) is 1.46. The number of methoxy groups -OCH3 is 2. The molecule has 2 nitrogen and oxygen atoms in total. The molecule has 0 aliphatic rings. The van der Waals surface area contributed by atoms with E-state index in [4.69, 9.17) is 9.47 Å². The number of hydrogen-bond acceptors (Lipinski definition) is 3. The molecule has 2 rings (SSSR count). The van der Waals surface area contributed by atoms with Crippen LogP contribution in [0.5, 0.6) is 11.5 Å². The molecule has 4 heteroatoms. The van der Waals surface area contributed by atoms with E-state index in [1.165, 1.54) is 8.96 Å². The van der Waals surface area contributed by atoms with Crippen molar-refractivity contribution in [2.75, 3.05) is 14.2 Å². The number of halogens is 1. The second-order valence-electron chi connectivity index (χ2n) is 2.76. The minimum Gasteiger partial charge on any atom is -0.493 e. The number of benzene rings is 1. The molecule has 74 valence electrons. The van der Waals surface area contributed by atoms with E-state index in [0.717, 1.165) is 16.2 Å². The average Bonchev–Trinajstić information content (AvgIpc) is 2.66. The van der Waals surface area contributed by atoms with Gasteiger partial charge in [-0.05, 0) is 40.1 Å². The Morgan fingerprint density at radius 3 is 2.71 bits per heavy atom. The third-order valence-electron chi connectivity index (χ3n) is 2.03. The van der Waals surface area contributed by atoms with Crippen LogP contribution >= 0.6 is 33.9 Å². The van der Waals surface area contributed by atoms with Crippen LogP contribution in [0.25, 0.3) is 10.1 Å². The highest BCUT2D eigenvalue weighted by Gasteiger charge is 2.12. The van der Waals surface area contributed by atoms with Crippen molar-refractivity contribution in [3.05, 3.63) is 21.1 Å². The minimum absolute atomic E-state index is 0.798. The smallest absolute Gasteiger partial charge is 0.178 e. The van der Waals surface area contributed by atoms with E-state index < -0.39 is 0 Å². The molecule has 0 amide bonds. The maximum absolute atomic E-state index is 5.34. The SMILES string of the molecule is COc1cc(I)c2ccsc2c1OC. The van der Waals surface area contributed by atoms with Crippen molar-refractivity contribution in [3.63, 3.8) is 0 Å². The molecular formula is C10H9IO2S. The van der Waals surface area contributed by atoms with Crippen molar-refractivity contribution in [2.45, 2.75) is 0 Å². The quantitative estimate of drug-likeness (QED) is 0.788. The lowest BCUT2D eigenvalue weighted by Crippen LogP contribution is -1.91. The standard InChI is InChI=1S/C10H9IO2S/c1-12-8-5-7(11)6-3-4-14-10(6)9(8)13-2/h3-5H,1-2H3.